The highest BCUT2D eigenvalue weighted by Gasteiger charge is 2.60. The average molecular weight is 457 g/mol. The molecule has 0 bridgehead atoms. The summed E-state index contributed by atoms with van der Waals surface area (Å²) in [5, 5.41) is 0.441. The number of halogens is 1. The Morgan fingerprint density at radius 3 is 2.53 bits per heavy atom. The van der Waals surface area contributed by atoms with Crippen LogP contribution in [-0.4, -0.2) is 9.97 Å². The molecule has 5 rings (SSSR count). The summed E-state index contributed by atoms with van der Waals surface area (Å²) < 4.78 is 0. The van der Waals surface area contributed by atoms with Crippen LogP contribution in [0.15, 0.2) is 6.20 Å². The van der Waals surface area contributed by atoms with Crippen LogP contribution >= 0.6 is 11.6 Å². The molecule has 2 nitrogen and oxygen atoms in total. The summed E-state index contributed by atoms with van der Waals surface area (Å²) in [4.78, 5) is 9.09. The molecule has 3 heteroatoms. The van der Waals surface area contributed by atoms with Crippen LogP contribution in [0, 0.1) is 46.3 Å². The monoisotopic (exact) mass is 456 g/mol. The van der Waals surface area contributed by atoms with E-state index < -0.39 is 0 Å². The lowest BCUT2D eigenvalue weighted by Crippen LogP contribution is -2.52. The van der Waals surface area contributed by atoms with Crippen LogP contribution in [0.25, 0.3) is 0 Å². The first-order valence-corrected chi connectivity index (χ1v) is 14.1. The molecule has 0 N–H and O–H groups in total. The van der Waals surface area contributed by atoms with Gasteiger partial charge in [0.25, 0.3) is 0 Å². The van der Waals surface area contributed by atoms with Gasteiger partial charge < -0.3 is 0 Å². The second kappa shape index (κ2) is 8.54. The molecule has 8 atom stereocenters. The van der Waals surface area contributed by atoms with Gasteiger partial charge in [0, 0.05) is 12.1 Å². The van der Waals surface area contributed by atoms with Crippen LogP contribution in [0.2, 0.25) is 5.28 Å². The van der Waals surface area contributed by atoms with Crippen LogP contribution in [0.3, 0.4) is 0 Å². The lowest BCUT2D eigenvalue weighted by Gasteiger charge is -2.60. The zero-order valence-corrected chi connectivity index (χ0v) is 21.9. The van der Waals surface area contributed by atoms with E-state index in [4.69, 9.17) is 16.6 Å². The minimum absolute atomic E-state index is 0.399. The van der Waals surface area contributed by atoms with Gasteiger partial charge in [0.05, 0.1) is 5.69 Å². The first-order chi connectivity index (χ1) is 15.2. The van der Waals surface area contributed by atoms with Gasteiger partial charge in [-0.15, -0.1) is 0 Å². The predicted molar refractivity (Wildman–Crippen MR) is 134 cm³/mol. The van der Waals surface area contributed by atoms with Crippen LogP contribution in [-0.2, 0) is 6.42 Å². The molecular weight excluding hydrogens is 412 g/mol. The number of aromatic nitrogens is 2. The predicted octanol–water partition coefficient (Wildman–Crippen LogP) is 8.48. The Hall–Kier alpha value is -0.630. The van der Waals surface area contributed by atoms with Gasteiger partial charge >= 0.3 is 0 Å². The van der Waals surface area contributed by atoms with E-state index in [1.807, 2.05) is 6.20 Å². The summed E-state index contributed by atoms with van der Waals surface area (Å²) in [6, 6.07) is 0. The molecule has 4 aliphatic rings. The summed E-state index contributed by atoms with van der Waals surface area (Å²) in [5.41, 5.74) is 3.65. The van der Waals surface area contributed by atoms with Crippen molar-refractivity contribution in [1.29, 1.82) is 0 Å². The molecule has 32 heavy (non-hydrogen) atoms. The number of hydrogen-bond acceptors (Lipinski definition) is 2. The molecule has 0 spiro atoms. The smallest absolute Gasteiger partial charge is 0.222 e. The van der Waals surface area contributed by atoms with Crippen molar-refractivity contribution in [2.75, 3.05) is 0 Å². The van der Waals surface area contributed by atoms with Crippen molar-refractivity contribution in [1.82, 2.24) is 9.97 Å². The summed E-state index contributed by atoms with van der Waals surface area (Å²) in [7, 11) is 0. The van der Waals surface area contributed by atoms with Crippen molar-refractivity contribution >= 4 is 11.6 Å². The first kappa shape index (κ1) is 23.1. The summed E-state index contributed by atoms with van der Waals surface area (Å²) >= 11 is 6.26. The van der Waals surface area contributed by atoms with Crippen molar-refractivity contribution in [3.05, 3.63) is 22.7 Å². The minimum atomic E-state index is 0.399. The van der Waals surface area contributed by atoms with Crippen LogP contribution < -0.4 is 0 Å². The maximum atomic E-state index is 6.26. The highest BCUT2D eigenvalue weighted by atomic mass is 35.5. The van der Waals surface area contributed by atoms with E-state index in [0.717, 1.165) is 41.9 Å². The Morgan fingerprint density at radius 2 is 1.75 bits per heavy atom. The van der Waals surface area contributed by atoms with E-state index in [1.54, 1.807) is 0 Å². The van der Waals surface area contributed by atoms with Gasteiger partial charge in [-0.1, -0.05) is 53.9 Å². The number of fused-ring (bicyclic) bond motifs is 7. The van der Waals surface area contributed by atoms with Gasteiger partial charge in [-0.25, -0.2) is 9.97 Å². The van der Waals surface area contributed by atoms with E-state index in [2.05, 4.69) is 39.6 Å². The third-order valence-corrected chi connectivity index (χ3v) is 11.4. The van der Waals surface area contributed by atoms with E-state index in [9.17, 15) is 0 Å². The summed E-state index contributed by atoms with van der Waals surface area (Å²) in [5.74, 6) is 6.04. The molecular formula is C29H45ClN2. The minimum Gasteiger partial charge on any atom is -0.226 e. The van der Waals surface area contributed by atoms with Crippen molar-refractivity contribution < 1.29 is 0 Å². The van der Waals surface area contributed by atoms with E-state index in [-0.39, 0.29) is 0 Å². The quantitative estimate of drug-likeness (QED) is 0.415. The SMILES string of the molecule is CC(C)CCCC(C)C1CCC2C3CCC4c5nc(Cl)ncc5CCC4(C)C3CCC12C. The standard InChI is InChI=1S/C29H45ClN2/c1-18(2)7-6-8-19(3)22-11-12-23-21-9-10-25-26-20(17-31-27(30)32-26)13-15-29(25,5)24(21)14-16-28(22,23)4/h17-19,21-25H,6-16H2,1-5H3. The Kier molecular flexibility index (Phi) is 6.18. The molecule has 1 heterocycles. The Morgan fingerprint density at radius 1 is 0.969 bits per heavy atom. The van der Waals surface area contributed by atoms with Gasteiger partial charge in [0.15, 0.2) is 0 Å². The number of hydrogen-bond donors (Lipinski definition) is 0. The van der Waals surface area contributed by atoms with Gasteiger partial charge in [0.2, 0.25) is 5.28 Å². The fraction of sp³-hybridized carbons (Fsp3) is 0.862. The summed E-state index contributed by atoms with van der Waals surface area (Å²) in [6.07, 6.45) is 17.3. The highest BCUT2D eigenvalue weighted by molar-refractivity contribution is 6.28. The molecule has 4 aliphatic carbocycles. The van der Waals surface area contributed by atoms with Crippen molar-refractivity contribution in [2.24, 2.45) is 46.3 Å². The Bertz CT molecular complexity index is 836. The van der Waals surface area contributed by atoms with E-state index in [1.165, 1.54) is 75.5 Å². The molecule has 1 aromatic heterocycles. The second-order valence-corrected chi connectivity index (χ2v) is 13.4. The largest absolute Gasteiger partial charge is 0.226 e. The Labute approximate surface area is 201 Å². The third kappa shape index (κ3) is 3.66. The molecule has 178 valence electrons. The first-order valence-electron chi connectivity index (χ1n) is 13.8. The van der Waals surface area contributed by atoms with Crippen LogP contribution in [0.5, 0.6) is 0 Å². The molecule has 8 unspecified atom stereocenters. The van der Waals surface area contributed by atoms with E-state index in [0.29, 0.717) is 22.0 Å². The topological polar surface area (TPSA) is 25.8 Å². The fourth-order valence-corrected chi connectivity index (χ4v) is 9.72. The van der Waals surface area contributed by atoms with Gasteiger partial charge in [-0.2, -0.15) is 0 Å². The zero-order valence-electron chi connectivity index (χ0n) is 21.2. The normalized spacial score (nSPS) is 41.5. The summed E-state index contributed by atoms with van der Waals surface area (Å²) in [6.45, 7) is 12.7. The van der Waals surface area contributed by atoms with Gasteiger partial charge in [0.1, 0.15) is 0 Å². The molecule has 0 aromatic carbocycles. The number of rotatable bonds is 5. The molecule has 0 amide bonds. The van der Waals surface area contributed by atoms with Crippen molar-refractivity contribution in [2.45, 2.75) is 111 Å². The second-order valence-electron chi connectivity index (χ2n) is 13.1. The highest BCUT2D eigenvalue weighted by Crippen LogP contribution is 2.69. The average Bonchev–Trinajstić information content (AvgIpc) is 3.10. The van der Waals surface area contributed by atoms with Gasteiger partial charge in [-0.05, 0) is 115 Å². The molecule has 0 aliphatic heterocycles. The fourth-order valence-electron chi connectivity index (χ4n) is 9.59. The third-order valence-electron chi connectivity index (χ3n) is 11.2. The lowest BCUT2D eigenvalue weighted by molar-refractivity contribution is -0.0904. The molecule has 3 saturated carbocycles. The van der Waals surface area contributed by atoms with Crippen molar-refractivity contribution in [3.63, 3.8) is 0 Å². The number of aryl methyl sites for hydroxylation is 1. The van der Waals surface area contributed by atoms with Gasteiger partial charge in [-0.3, -0.25) is 0 Å². The molecule has 3 fully saturated rings. The lowest BCUT2D eigenvalue weighted by atomic mass is 9.44. The van der Waals surface area contributed by atoms with Crippen molar-refractivity contribution in [3.8, 4) is 0 Å². The maximum absolute atomic E-state index is 6.26. The van der Waals surface area contributed by atoms with E-state index >= 15 is 0 Å². The maximum Gasteiger partial charge on any atom is 0.222 e. The zero-order chi connectivity index (χ0) is 22.7. The molecule has 1 aromatic rings. The Balaban J connectivity index is 1.35. The molecule has 0 radical (unpaired) electrons. The molecule has 0 saturated heterocycles. The number of nitrogens with zero attached hydrogens (tertiary/aromatic N) is 2. The van der Waals surface area contributed by atoms with Crippen LogP contribution in [0.4, 0.5) is 0 Å². The van der Waals surface area contributed by atoms with Crippen LogP contribution in [0.1, 0.15) is 116 Å².